The Hall–Kier alpha value is -2.15. The molecule has 0 amide bonds. The van der Waals surface area contributed by atoms with E-state index in [1.165, 1.54) is 0 Å². The maximum Gasteiger partial charge on any atom is 0.269 e. The lowest BCUT2D eigenvalue weighted by atomic mass is 10.4. The molecule has 0 spiro atoms. The topological polar surface area (TPSA) is 83.3 Å². The smallest absolute Gasteiger partial charge is 0.269 e. The Bertz CT molecular complexity index is 760. The second kappa shape index (κ2) is 3.95. The van der Waals surface area contributed by atoms with Crippen LogP contribution in [0.3, 0.4) is 0 Å². The summed E-state index contributed by atoms with van der Waals surface area (Å²) in [5.74, 6) is -0.129. The Morgan fingerprint density at radius 3 is 2.89 bits per heavy atom. The fourth-order valence-electron chi connectivity index (χ4n) is 1.62. The predicted octanol–water partition coefficient (Wildman–Crippen LogP) is 1.55. The number of hydrogen-bond acceptors (Lipinski definition) is 4. The Morgan fingerprint density at radius 2 is 2.17 bits per heavy atom. The minimum atomic E-state index is -0.449. The fourth-order valence-corrected chi connectivity index (χ4v) is 1.80. The van der Waals surface area contributed by atoms with Gasteiger partial charge in [-0.3, -0.25) is 4.79 Å². The van der Waals surface area contributed by atoms with Crippen LogP contribution in [0.2, 0.25) is 0 Å². The van der Waals surface area contributed by atoms with Crippen molar-refractivity contribution in [2.45, 2.75) is 0 Å². The molecule has 0 unspecified atom stereocenters. The van der Waals surface area contributed by atoms with Crippen LogP contribution < -0.4 is 5.56 Å². The second-order valence-corrected chi connectivity index (χ2v) is 4.44. The lowest BCUT2D eigenvalue weighted by Crippen LogP contribution is -2.09. The van der Waals surface area contributed by atoms with Gasteiger partial charge in [0.2, 0.25) is 5.88 Å². The molecule has 3 rings (SSSR count). The van der Waals surface area contributed by atoms with Crippen LogP contribution in [-0.2, 0) is 0 Å². The number of imidazole rings is 1. The molecule has 7 heteroatoms. The van der Waals surface area contributed by atoms with Crippen LogP contribution in [0.4, 0.5) is 0 Å². The van der Waals surface area contributed by atoms with Crippen molar-refractivity contribution in [1.82, 2.24) is 19.4 Å². The summed E-state index contributed by atoms with van der Waals surface area (Å²) >= 11 is 2.94. The molecule has 0 aliphatic rings. The molecule has 0 bridgehead atoms. The highest BCUT2D eigenvalue weighted by atomic mass is 79.9. The van der Waals surface area contributed by atoms with Crippen molar-refractivity contribution >= 4 is 21.6 Å². The minimum absolute atomic E-state index is 0.00927. The lowest BCUT2D eigenvalue weighted by molar-refractivity contribution is 0.448. The fraction of sp³-hybridized carbons (Fsp3) is 0. The van der Waals surface area contributed by atoms with E-state index in [1.54, 1.807) is 10.6 Å². The summed E-state index contributed by atoms with van der Waals surface area (Å²) in [5.41, 5.74) is 0.771. The first kappa shape index (κ1) is 11.0. The molecule has 0 radical (unpaired) electrons. The standard InChI is InChI=1S/C11H7BrN4O2/c12-8-10(17)14-9(15-11(8)18)6-5-16-4-2-1-3-7(16)13-6/h1-5H,(H2,14,15,17,18). The van der Waals surface area contributed by atoms with E-state index in [1.807, 2.05) is 24.4 Å². The van der Waals surface area contributed by atoms with Crippen molar-refractivity contribution in [1.29, 1.82) is 0 Å². The quantitative estimate of drug-likeness (QED) is 0.714. The molecule has 6 nitrogen and oxygen atoms in total. The van der Waals surface area contributed by atoms with Crippen LogP contribution in [0, 0.1) is 0 Å². The molecule has 0 aromatic carbocycles. The Balaban J connectivity index is 2.23. The van der Waals surface area contributed by atoms with Crippen LogP contribution in [0.15, 0.2) is 39.9 Å². The van der Waals surface area contributed by atoms with Gasteiger partial charge in [-0.2, -0.15) is 4.98 Å². The normalized spacial score (nSPS) is 10.9. The van der Waals surface area contributed by atoms with Gasteiger partial charge in [-0.25, -0.2) is 4.98 Å². The second-order valence-electron chi connectivity index (χ2n) is 3.64. The van der Waals surface area contributed by atoms with Crippen LogP contribution in [0.1, 0.15) is 0 Å². The summed E-state index contributed by atoms with van der Waals surface area (Å²) < 4.78 is 1.81. The summed E-state index contributed by atoms with van der Waals surface area (Å²) in [6.45, 7) is 0. The Morgan fingerprint density at radius 1 is 1.33 bits per heavy atom. The number of H-pyrrole nitrogens is 1. The average molecular weight is 307 g/mol. The van der Waals surface area contributed by atoms with E-state index in [0.29, 0.717) is 5.69 Å². The van der Waals surface area contributed by atoms with Crippen molar-refractivity contribution in [2.75, 3.05) is 0 Å². The molecule has 2 N–H and O–H groups in total. The maximum atomic E-state index is 11.5. The van der Waals surface area contributed by atoms with Crippen LogP contribution >= 0.6 is 15.9 Å². The molecular formula is C11H7BrN4O2. The molecule has 0 aliphatic carbocycles. The number of pyridine rings is 1. The summed E-state index contributed by atoms with van der Waals surface area (Å²) in [4.78, 5) is 22.2. The summed E-state index contributed by atoms with van der Waals surface area (Å²) in [6.07, 6.45) is 3.56. The van der Waals surface area contributed by atoms with Gasteiger partial charge in [-0.1, -0.05) is 6.07 Å². The molecule has 18 heavy (non-hydrogen) atoms. The van der Waals surface area contributed by atoms with Gasteiger partial charge < -0.3 is 14.5 Å². The number of aromatic hydroxyl groups is 1. The largest absolute Gasteiger partial charge is 0.492 e. The van der Waals surface area contributed by atoms with E-state index >= 15 is 0 Å². The zero-order valence-electron chi connectivity index (χ0n) is 8.96. The number of halogens is 1. The number of nitrogens with one attached hydrogen (secondary N) is 1. The molecule has 0 atom stereocenters. The van der Waals surface area contributed by atoms with Gasteiger partial charge in [-0.15, -0.1) is 0 Å². The highest BCUT2D eigenvalue weighted by Crippen LogP contribution is 2.20. The molecular weight excluding hydrogens is 300 g/mol. The summed E-state index contributed by atoms with van der Waals surface area (Å²) in [5, 5.41) is 9.50. The third kappa shape index (κ3) is 1.68. The third-order valence-corrected chi connectivity index (χ3v) is 3.17. The molecule has 0 saturated carbocycles. The van der Waals surface area contributed by atoms with Crippen LogP contribution in [0.5, 0.6) is 5.88 Å². The van der Waals surface area contributed by atoms with E-state index in [-0.39, 0.29) is 16.2 Å². The third-order valence-electron chi connectivity index (χ3n) is 2.45. The van der Waals surface area contributed by atoms with Crippen LogP contribution in [-0.4, -0.2) is 24.5 Å². The van der Waals surface area contributed by atoms with E-state index in [0.717, 1.165) is 5.65 Å². The average Bonchev–Trinajstić information content (AvgIpc) is 2.79. The van der Waals surface area contributed by atoms with E-state index in [2.05, 4.69) is 30.9 Å². The Kier molecular flexibility index (Phi) is 2.41. The van der Waals surface area contributed by atoms with Crippen LogP contribution in [0.25, 0.3) is 17.2 Å². The van der Waals surface area contributed by atoms with E-state index in [9.17, 15) is 9.90 Å². The van der Waals surface area contributed by atoms with Gasteiger partial charge in [0, 0.05) is 12.4 Å². The number of fused-ring (bicyclic) bond motifs is 1. The van der Waals surface area contributed by atoms with Crippen molar-refractivity contribution < 1.29 is 5.11 Å². The van der Waals surface area contributed by atoms with E-state index < -0.39 is 5.56 Å². The number of hydrogen-bond donors (Lipinski definition) is 2. The molecule has 0 fully saturated rings. The monoisotopic (exact) mass is 306 g/mol. The molecule has 0 aliphatic heterocycles. The highest BCUT2D eigenvalue weighted by Gasteiger charge is 2.11. The predicted molar refractivity (Wildman–Crippen MR) is 68.4 cm³/mol. The summed E-state index contributed by atoms with van der Waals surface area (Å²) in [7, 11) is 0. The number of rotatable bonds is 1. The van der Waals surface area contributed by atoms with Gasteiger partial charge in [0.1, 0.15) is 15.8 Å². The Labute approximate surface area is 109 Å². The van der Waals surface area contributed by atoms with E-state index in [4.69, 9.17) is 0 Å². The van der Waals surface area contributed by atoms with Gasteiger partial charge in [0.05, 0.1) is 0 Å². The van der Waals surface area contributed by atoms with Gasteiger partial charge in [0.25, 0.3) is 5.56 Å². The first-order valence-corrected chi connectivity index (χ1v) is 5.87. The molecule has 3 aromatic heterocycles. The van der Waals surface area contributed by atoms with Crippen molar-refractivity contribution in [3.05, 3.63) is 45.4 Å². The molecule has 0 saturated heterocycles. The maximum absolute atomic E-state index is 11.5. The zero-order chi connectivity index (χ0) is 12.7. The lowest BCUT2D eigenvalue weighted by Gasteiger charge is -1.98. The first-order chi connectivity index (χ1) is 8.65. The SMILES string of the molecule is O=c1[nH]c(-c2cn3ccccc3n2)nc(O)c1Br. The van der Waals surface area contributed by atoms with Gasteiger partial charge in [0.15, 0.2) is 5.82 Å². The highest BCUT2D eigenvalue weighted by molar-refractivity contribution is 9.10. The zero-order valence-corrected chi connectivity index (χ0v) is 10.5. The first-order valence-electron chi connectivity index (χ1n) is 5.08. The molecule has 3 aromatic rings. The number of aromatic amines is 1. The van der Waals surface area contributed by atoms with Gasteiger partial charge >= 0.3 is 0 Å². The molecule has 90 valence electrons. The minimum Gasteiger partial charge on any atom is -0.492 e. The summed E-state index contributed by atoms with van der Waals surface area (Å²) in [6, 6.07) is 5.56. The number of nitrogens with zero attached hydrogens (tertiary/aromatic N) is 3. The number of aromatic nitrogens is 4. The van der Waals surface area contributed by atoms with Gasteiger partial charge in [-0.05, 0) is 28.1 Å². The molecule has 3 heterocycles. The van der Waals surface area contributed by atoms with Crippen molar-refractivity contribution in [2.24, 2.45) is 0 Å². The van der Waals surface area contributed by atoms with Crippen molar-refractivity contribution in [3.8, 4) is 17.4 Å². The van der Waals surface area contributed by atoms with Crippen molar-refractivity contribution in [3.63, 3.8) is 0 Å².